The van der Waals surface area contributed by atoms with Gasteiger partial charge in [-0.1, -0.05) is 6.92 Å². The van der Waals surface area contributed by atoms with Crippen LogP contribution < -0.4 is 0 Å². The van der Waals surface area contributed by atoms with Crippen molar-refractivity contribution in [2.75, 3.05) is 12.9 Å². The van der Waals surface area contributed by atoms with Crippen LogP contribution in [0.1, 0.15) is 13.3 Å². The third-order valence-electron chi connectivity index (χ3n) is 1.95. The highest BCUT2D eigenvalue weighted by molar-refractivity contribution is 8.01. The molecular formula is C8H12O4S. The molecule has 1 aliphatic heterocycles. The largest absolute Gasteiger partial charge is 0.509 e. The van der Waals surface area contributed by atoms with E-state index in [4.69, 9.17) is 4.74 Å². The number of hydrogen-bond acceptors (Lipinski definition) is 5. The summed E-state index contributed by atoms with van der Waals surface area (Å²) in [6.45, 7) is 1.95. The van der Waals surface area contributed by atoms with Gasteiger partial charge in [0, 0.05) is 11.7 Å². The van der Waals surface area contributed by atoms with Gasteiger partial charge in [-0.15, -0.1) is 11.8 Å². The molecule has 0 bridgehead atoms. The van der Waals surface area contributed by atoms with Crippen LogP contribution in [0.4, 0.5) is 4.79 Å². The molecule has 0 amide bonds. The Balaban J connectivity index is 2.45. The molecule has 1 heterocycles. The van der Waals surface area contributed by atoms with Gasteiger partial charge in [0.15, 0.2) is 5.78 Å². The lowest BCUT2D eigenvalue weighted by Gasteiger charge is -2.08. The fraction of sp³-hybridized carbons (Fsp3) is 0.750. The molecule has 2 atom stereocenters. The summed E-state index contributed by atoms with van der Waals surface area (Å²) < 4.78 is 9.06. The number of carbonyl (C=O) groups excluding carboxylic acids is 2. The SMILES string of the molecule is CCC1CSC(OC(=O)OC)C1=O. The molecule has 0 aromatic rings. The van der Waals surface area contributed by atoms with Crippen molar-refractivity contribution in [2.45, 2.75) is 18.8 Å². The van der Waals surface area contributed by atoms with Crippen molar-refractivity contribution >= 4 is 23.7 Å². The van der Waals surface area contributed by atoms with Crippen LogP contribution in [0.2, 0.25) is 0 Å². The van der Waals surface area contributed by atoms with Crippen molar-refractivity contribution in [3.8, 4) is 0 Å². The third kappa shape index (κ3) is 2.37. The molecule has 1 saturated heterocycles. The Morgan fingerprint density at radius 3 is 2.85 bits per heavy atom. The van der Waals surface area contributed by atoms with Crippen molar-refractivity contribution in [2.24, 2.45) is 5.92 Å². The summed E-state index contributed by atoms with van der Waals surface area (Å²) in [4.78, 5) is 22.1. The van der Waals surface area contributed by atoms with E-state index in [0.717, 1.165) is 12.2 Å². The van der Waals surface area contributed by atoms with E-state index >= 15 is 0 Å². The second-order valence-electron chi connectivity index (χ2n) is 2.74. The number of Topliss-reactive ketones (excluding diaryl/α,β-unsaturated/α-hetero) is 1. The van der Waals surface area contributed by atoms with Crippen LogP contribution in [0.3, 0.4) is 0 Å². The van der Waals surface area contributed by atoms with Gasteiger partial charge in [0.1, 0.15) is 0 Å². The van der Waals surface area contributed by atoms with Crippen LogP contribution >= 0.6 is 11.8 Å². The number of hydrogen-bond donors (Lipinski definition) is 0. The first-order chi connectivity index (χ1) is 6.19. The van der Waals surface area contributed by atoms with Crippen LogP contribution in [-0.4, -0.2) is 30.2 Å². The Morgan fingerprint density at radius 2 is 2.38 bits per heavy atom. The summed E-state index contributed by atoms with van der Waals surface area (Å²) in [5.41, 5.74) is -0.655. The highest BCUT2D eigenvalue weighted by atomic mass is 32.2. The smallest absolute Gasteiger partial charge is 0.438 e. The van der Waals surface area contributed by atoms with Crippen molar-refractivity contribution in [1.82, 2.24) is 0 Å². The maximum Gasteiger partial charge on any atom is 0.509 e. The summed E-state index contributed by atoms with van der Waals surface area (Å²) >= 11 is 1.35. The predicted molar refractivity (Wildman–Crippen MR) is 48.5 cm³/mol. The molecule has 1 fully saturated rings. The van der Waals surface area contributed by atoms with Gasteiger partial charge in [0.25, 0.3) is 0 Å². The molecule has 1 aliphatic rings. The topological polar surface area (TPSA) is 52.6 Å². The van der Waals surface area contributed by atoms with E-state index in [2.05, 4.69) is 4.74 Å². The van der Waals surface area contributed by atoms with Gasteiger partial charge < -0.3 is 9.47 Å². The summed E-state index contributed by atoms with van der Waals surface area (Å²) in [7, 11) is 1.23. The van der Waals surface area contributed by atoms with E-state index in [9.17, 15) is 9.59 Å². The Bertz CT molecular complexity index is 216. The first-order valence-electron chi connectivity index (χ1n) is 4.09. The average Bonchev–Trinajstić information content (AvgIpc) is 2.48. The highest BCUT2D eigenvalue weighted by Crippen LogP contribution is 2.30. The first kappa shape index (κ1) is 10.4. The quantitative estimate of drug-likeness (QED) is 0.637. The summed E-state index contributed by atoms with van der Waals surface area (Å²) in [5.74, 6) is 0.759. The number of thioether (sulfide) groups is 1. The fourth-order valence-electron chi connectivity index (χ4n) is 1.11. The second-order valence-corrected chi connectivity index (χ2v) is 3.84. The minimum Gasteiger partial charge on any atom is -0.438 e. The molecule has 5 heteroatoms. The molecule has 0 spiro atoms. The Labute approximate surface area is 81.0 Å². The zero-order valence-electron chi connectivity index (χ0n) is 7.61. The van der Waals surface area contributed by atoms with Gasteiger partial charge in [-0.25, -0.2) is 4.79 Å². The summed E-state index contributed by atoms with van der Waals surface area (Å²) in [6, 6.07) is 0. The minimum atomic E-state index is -0.789. The number of rotatable bonds is 2. The van der Waals surface area contributed by atoms with Crippen LogP contribution in [0.15, 0.2) is 0 Å². The zero-order chi connectivity index (χ0) is 9.84. The lowest BCUT2D eigenvalue weighted by molar-refractivity contribution is -0.126. The van der Waals surface area contributed by atoms with E-state index in [1.165, 1.54) is 18.9 Å². The summed E-state index contributed by atoms with van der Waals surface area (Å²) in [6.07, 6.45) is 0.00922. The Morgan fingerprint density at radius 1 is 1.69 bits per heavy atom. The molecule has 1 rings (SSSR count). The van der Waals surface area contributed by atoms with Crippen LogP contribution in [0, 0.1) is 5.92 Å². The second kappa shape index (κ2) is 4.50. The van der Waals surface area contributed by atoms with Crippen LogP contribution in [0.5, 0.6) is 0 Å². The average molecular weight is 204 g/mol. The normalized spacial score (nSPS) is 27.4. The number of carbonyl (C=O) groups is 2. The Kier molecular flexibility index (Phi) is 3.59. The Hall–Kier alpha value is -0.710. The number of ketones is 1. The van der Waals surface area contributed by atoms with Gasteiger partial charge in [-0.2, -0.15) is 0 Å². The maximum absolute atomic E-state index is 11.4. The molecule has 0 aromatic carbocycles. The van der Waals surface area contributed by atoms with E-state index in [-0.39, 0.29) is 11.7 Å². The molecule has 74 valence electrons. The molecule has 2 unspecified atom stereocenters. The highest BCUT2D eigenvalue weighted by Gasteiger charge is 2.36. The predicted octanol–water partition coefficient (Wildman–Crippen LogP) is 1.44. The molecule has 0 saturated carbocycles. The van der Waals surface area contributed by atoms with Gasteiger partial charge >= 0.3 is 6.16 Å². The molecule has 0 aromatic heterocycles. The van der Waals surface area contributed by atoms with Gasteiger partial charge in [0.05, 0.1) is 7.11 Å². The standard InChI is InChI=1S/C8H12O4S/c1-3-5-4-13-7(6(5)9)12-8(10)11-2/h5,7H,3-4H2,1-2H3. The van der Waals surface area contributed by atoms with Crippen LogP contribution in [-0.2, 0) is 14.3 Å². The number of methoxy groups -OCH3 is 1. The summed E-state index contributed by atoms with van der Waals surface area (Å²) in [5, 5.41) is 0. The minimum absolute atomic E-state index is 0.00194. The van der Waals surface area contributed by atoms with Gasteiger partial charge in [-0.3, -0.25) is 4.79 Å². The van der Waals surface area contributed by atoms with Crippen molar-refractivity contribution < 1.29 is 19.1 Å². The van der Waals surface area contributed by atoms with E-state index < -0.39 is 11.6 Å². The van der Waals surface area contributed by atoms with Crippen molar-refractivity contribution in [3.63, 3.8) is 0 Å². The van der Waals surface area contributed by atoms with Crippen molar-refractivity contribution in [3.05, 3.63) is 0 Å². The third-order valence-corrected chi connectivity index (χ3v) is 3.17. The number of ether oxygens (including phenoxy) is 2. The zero-order valence-corrected chi connectivity index (χ0v) is 8.43. The molecule has 0 radical (unpaired) electrons. The lowest BCUT2D eigenvalue weighted by atomic mass is 10.1. The monoisotopic (exact) mass is 204 g/mol. The van der Waals surface area contributed by atoms with Crippen LogP contribution in [0.25, 0.3) is 0 Å². The van der Waals surface area contributed by atoms with Gasteiger partial charge in [-0.05, 0) is 6.42 Å². The molecular weight excluding hydrogens is 192 g/mol. The molecule has 0 N–H and O–H groups in total. The first-order valence-corrected chi connectivity index (χ1v) is 5.13. The maximum atomic E-state index is 11.4. The van der Waals surface area contributed by atoms with E-state index in [1.807, 2.05) is 6.92 Å². The lowest BCUT2D eigenvalue weighted by Crippen LogP contribution is -2.23. The van der Waals surface area contributed by atoms with E-state index in [1.54, 1.807) is 0 Å². The fourth-order valence-corrected chi connectivity index (χ4v) is 2.42. The van der Waals surface area contributed by atoms with Gasteiger partial charge in [0.2, 0.25) is 5.44 Å². The van der Waals surface area contributed by atoms with Crippen molar-refractivity contribution in [1.29, 1.82) is 0 Å². The molecule has 13 heavy (non-hydrogen) atoms. The molecule has 4 nitrogen and oxygen atoms in total. The van der Waals surface area contributed by atoms with E-state index in [0.29, 0.717) is 0 Å². The molecule has 0 aliphatic carbocycles.